The molecule has 1 aliphatic heterocycles. The topological polar surface area (TPSA) is 92.1 Å². The third kappa shape index (κ3) is 5.28. The average Bonchev–Trinajstić information content (AvgIpc) is 2.82. The van der Waals surface area contributed by atoms with Crippen molar-refractivity contribution in [2.75, 3.05) is 25.0 Å². The van der Waals surface area contributed by atoms with Gasteiger partial charge in [-0.1, -0.05) is 12.1 Å². The highest BCUT2D eigenvalue weighted by Gasteiger charge is 2.22. The van der Waals surface area contributed by atoms with Crippen LogP contribution in [0, 0.1) is 11.3 Å². The second-order valence-electron chi connectivity index (χ2n) is 7.19. The van der Waals surface area contributed by atoms with E-state index in [0.29, 0.717) is 41.3 Å². The van der Waals surface area contributed by atoms with Crippen LogP contribution in [0.25, 0.3) is 11.1 Å². The van der Waals surface area contributed by atoms with Crippen LogP contribution in [-0.2, 0) is 6.42 Å². The van der Waals surface area contributed by atoms with Gasteiger partial charge in [-0.3, -0.25) is 0 Å². The Bertz CT molecular complexity index is 1100. The number of nitriles is 1. The van der Waals surface area contributed by atoms with Crippen molar-refractivity contribution in [2.45, 2.75) is 19.1 Å². The van der Waals surface area contributed by atoms with Gasteiger partial charge >= 0.3 is 6.61 Å². The number of benzene rings is 1. The number of hydrogen-bond acceptors (Lipinski definition) is 7. The van der Waals surface area contributed by atoms with Crippen molar-refractivity contribution in [1.82, 2.24) is 15.3 Å². The molecule has 0 spiro atoms. The van der Waals surface area contributed by atoms with Gasteiger partial charge in [0.1, 0.15) is 6.10 Å². The van der Waals surface area contributed by atoms with E-state index in [1.165, 1.54) is 6.20 Å². The van der Waals surface area contributed by atoms with E-state index in [2.05, 4.69) is 31.4 Å². The number of pyridine rings is 2. The summed E-state index contributed by atoms with van der Waals surface area (Å²) in [5.74, 6) is 0.310. The van der Waals surface area contributed by atoms with Crippen LogP contribution in [0.15, 0.2) is 54.9 Å². The van der Waals surface area contributed by atoms with Crippen LogP contribution in [0.5, 0.6) is 11.8 Å². The van der Waals surface area contributed by atoms with Crippen LogP contribution in [0.4, 0.5) is 14.5 Å². The zero-order chi connectivity index (χ0) is 22.3. The largest absolute Gasteiger partial charge is 0.470 e. The van der Waals surface area contributed by atoms with Gasteiger partial charge in [-0.25, -0.2) is 9.97 Å². The van der Waals surface area contributed by atoms with Crippen molar-refractivity contribution in [2.24, 2.45) is 0 Å². The second-order valence-corrected chi connectivity index (χ2v) is 7.19. The predicted molar refractivity (Wildman–Crippen MR) is 115 cm³/mol. The van der Waals surface area contributed by atoms with Gasteiger partial charge in [0.05, 0.1) is 23.9 Å². The first-order chi connectivity index (χ1) is 15.6. The first-order valence-corrected chi connectivity index (χ1v) is 10.1. The summed E-state index contributed by atoms with van der Waals surface area (Å²) in [6.07, 6.45) is 3.69. The van der Waals surface area contributed by atoms with Crippen LogP contribution >= 0.6 is 0 Å². The number of nitrogens with zero attached hydrogens (tertiary/aromatic N) is 3. The fraction of sp³-hybridized carbons (Fsp3) is 0.261. The van der Waals surface area contributed by atoms with E-state index in [0.717, 1.165) is 18.5 Å². The van der Waals surface area contributed by atoms with Crippen LogP contribution in [-0.4, -0.2) is 42.3 Å². The fourth-order valence-electron chi connectivity index (χ4n) is 3.39. The number of anilines is 1. The number of ether oxygens (including phenoxy) is 2. The molecule has 0 amide bonds. The van der Waals surface area contributed by atoms with Gasteiger partial charge in [-0.15, -0.1) is 0 Å². The van der Waals surface area contributed by atoms with Gasteiger partial charge < -0.3 is 20.1 Å². The Morgan fingerprint density at radius 1 is 1.25 bits per heavy atom. The fourth-order valence-corrected chi connectivity index (χ4v) is 3.39. The summed E-state index contributed by atoms with van der Waals surface area (Å²) in [4.78, 5) is 8.24. The van der Waals surface area contributed by atoms with Crippen LogP contribution in [0.2, 0.25) is 0 Å². The minimum absolute atomic E-state index is 0.0991. The lowest BCUT2D eigenvalue weighted by atomic mass is 10.1. The van der Waals surface area contributed by atoms with Gasteiger partial charge in [0.25, 0.3) is 0 Å². The number of aromatic nitrogens is 2. The summed E-state index contributed by atoms with van der Waals surface area (Å²) in [7, 11) is 0. The number of fused-ring (bicyclic) bond motifs is 1. The molecule has 9 heteroatoms. The number of halogens is 2. The van der Waals surface area contributed by atoms with Crippen molar-refractivity contribution in [1.29, 1.82) is 5.26 Å². The molecule has 3 aromatic rings. The summed E-state index contributed by atoms with van der Waals surface area (Å²) in [6, 6.07) is 14.7. The molecule has 0 bridgehead atoms. The lowest BCUT2D eigenvalue weighted by Crippen LogP contribution is -2.40. The molecule has 164 valence electrons. The summed E-state index contributed by atoms with van der Waals surface area (Å²) in [5, 5.41) is 15.5. The van der Waals surface area contributed by atoms with E-state index in [1.54, 1.807) is 24.4 Å². The number of hydrogen-bond donors (Lipinski definition) is 2. The number of nitrogens with one attached hydrogen (secondary N) is 2. The standard InChI is InChI=1S/C23H21F2N5O2/c24-23(25)32-21-19(2-1-8-28-21)17-10-20-22(30-12-17)31-18(14-29-20)13-27-9-7-15-3-5-16(11-26)6-4-15/h1-6,8,10,12,18,23,27,29H,7,9,13-14H2/t18-/m1/s1. The van der Waals surface area contributed by atoms with Crippen molar-refractivity contribution in [3.8, 4) is 29.0 Å². The molecule has 2 N–H and O–H groups in total. The highest BCUT2D eigenvalue weighted by atomic mass is 19.3. The van der Waals surface area contributed by atoms with E-state index >= 15 is 0 Å². The normalized spacial score (nSPS) is 14.8. The Labute approximate surface area is 184 Å². The molecule has 1 atom stereocenters. The van der Waals surface area contributed by atoms with E-state index in [1.807, 2.05) is 24.3 Å². The Kier molecular flexibility index (Phi) is 6.72. The average molecular weight is 437 g/mol. The van der Waals surface area contributed by atoms with E-state index in [9.17, 15) is 8.78 Å². The lowest BCUT2D eigenvalue weighted by molar-refractivity contribution is -0.0524. The van der Waals surface area contributed by atoms with Crippen molar-refractivity contribution < 1.29 is 18.3 Å². The molecule has 0 fully saturated rings. The smallest absolute Gasteiger partial charge is 0.388 e. The van der Waals surface area contributed by atoms with E-state index in [-0.39, 0.29) is 12.0 Å². The molecule has 2 aromatic heterocycles. The Morgan fingerprint density at radius 3 is 2.88 bits per heavy atom. The molecule has 1 aromatic carbocycles. The third-order valence-electron chi connectivity index (χ3n) is 4.98. The summed E-state index contributed by atoms with van der Waals surface area (Å²) < 4.78 is 35.8. The van der Waals surface area contributed by atoms with Gasteiger partial charge in [-0.2, -0.15) is 14.0 Å². The first-order valence-electron chi connectivity index (χ1n) is 10.1. The highest BCUT2D eigenvalue weighted by molar-refractivity contribution is 5.73. The molecule has 3 heterocycles. The first kappa shape index (κ1) is 21.5. The maximum atomic E-state index is 12.7. The summed E-state index contributed by atoms with van der Waals surface area (Å²) >= 11 is 0. The summed E-state index contributed by atoms with van der Waals surface area (Å²) in [6.45, 7) is -0.962. The highest BCUT2D eigenvalue weighted by Crippen LogP contribution is 2.34. The quantitative estimate of drug-likeness (QED) is 0.520. The molecule has 0 aliphatic carbocycles. The molecule has 0 saturated carbocycles. The molecular formula is C23H21F2N5O2. The third-order valence-corrected chi connectivity index (χ3v) is 4.98. The molecular weight excluding hydrogens is 416 g/mol. The van der Waals surface area contributed by atoms with Gasteiger partial charge in [0.2, 0.25) is 11.8 Å². The van der Waals surface area contributed by atoms with Gasteiger partial charge in [-0.05, 0) is 48.9 Å². The maximum Gasteiger partial charge on any atom is 0.388 e. The molecule has 0 saturated heterocycles. The van der Waals surface area contributed by atoms with Crippen molar-refractivity contribution >= 4 is 5.69 Å². The molecule has 7 nitrogen and oxygen atoms in total. The van der Waals surface area contributed by atoms with Crippen LogP contribution < -0.4 is 20.1 Å². The Balaban J connectivity index is 1.32. The minimum atomic E-state index is -2.96. The Morgan fingerprint density at radius 2 is 2.09 bits per heavy atom. The maximum absolute atomic E-state index is 12.7. The lowest BCUT2D eigenvalue weighted by Gasteiger charge is -2.27. The molecule has 32 heavy (non-hydrogen) atoms. The number of rotatable bonds is 8. The molecule has 0 unspecified atom stereocenters. The predicted octanol–water partition coefficient (Wildman–Crippen LogP) is 3.62. The number of alkyl halides is 2. The monoisotopic (exact) mass is 437 g/mol. The molecule has 1 aliphatic rings. The summed E-state index contributed by atoms with van der Waals surface area (Å²) in [5.41, 5.74) is 3.52. The minimum Gasteiger partial charge on any atom is -0.470 e. The SMILES string of the molecule is N#Cc1ccc(CCNC[C@@H]2CNc3cc(-c4cccnc4OC(F)F)cnc3O2)cc1. The van der Waals surface area contributed by atoms with E-state index in [4.69, 9.17) is 10.00 Å². The van der Waals surface area contributed by atoms with Gasteiger partial charge in [0, 0.05) is 30.1 Å². The van der Waals surface area contributed by atoms with E-state index < -0.39 is 6.61 Å². The van der Waals surface area contributed by atoms with Crippen molar-refractivity contribution in [3.63, 3.8) is 0 Å². The molecule has 0 radical (unpaired) electrons. The molecule has 4 rings (SSSR count). The zero-order valence-corrected chi connectivity index (χ0v) is 17.1. The van der Waals surface area contributed by atoms with Crippen LogP contribution in [0.1, 0.15) is 11.1 Å². The Hall–Kier alpha value is -3.77. The van der Waals surface area contributed by atoms with Gasteiger partial charge in [0.15, 0.2) is 0 Å². The van der Waals surface area contributed by atoms with Crippen LogP contribution in [0.3, 0.4) is 0 Å². The van der Waals surface area contributed by atoms with Crippen molar-refractivity contribution in [3.05, 3.63) is 66.0 Å². The zero-order valence-electron chi connectivity index (χ0n) is 17.1. The second kappa shape index (κ2) is 10.0.